The zero-order chi connectivity index (χ0) is 25.5. The van der Waals surface area contributed by atoms with Crippen LogP contribution in [0.2, 0.25) is 0 Å². The van der Waals surface area contributed by atoms with Gasteiger partial charge in [0, 0.05) is 23.6 Å². The summed E-state index contributed by atoms with van der Waals surface area (Å²) in [4.78, 5) is 21.2. The summed E-state index contributed by atoms with van der Waals surface area (Å²) < 4.78 is 0. The van der Waals surface area contributed by atoms with Crippen LogP contribution < -0.4 is 10.6 Å². The highest BCUT2D eigenvalue weighted by Crippen LogP contribution is 2.38. The topological polar surface area (TPSA) is 121 Å². The van der Waals surface area contributed by atoms with Gasteiger partial charge in [-0.15, -0.1) is 10.2 Å². The third-order valence-corrected chi connectivity index (χ3v) is 5.87. The first-order chi connectivity index (χ1) is 17.4. The number of H-pyrrole nitrogens is 1. The van der Waals surface area contributed by atoms with Gasteiger partial charge in [0.15, 0.2) is 0 Å². The largest absolute Gasteiger partial charge is 0.326 e. The molecule has 36 heavy (non-hydrogen) atoms. The summed E-state index contributed by atoms with van der Waals surface area (Å²) >= 11 is 0. The number of aromatic amines is 1. The van der Waals surface area contributed by atoms with E-state index in [4.69, 9.17) is 0 Å². The van der Waals surface area contributed by atoms with E-state index in [1.54, 1.807) is 18.5 Å². The molecular formula is C27H32N8O. The smallest absolute Gasteiger partial charge is 0.307 e. The molecule has 0 aliphatic heterocycles. The van der Waals surface area contributed by atoms with Gasteiger partial charge < -0.3 is 5.32 Å². The van der Waals surface area contributed by atoms with E-state index in [1.807, 2.05) is 30.3 Å². The van der Waals surface area contributed by atoms with E-state index in [0.29, 0.717) is 23.6 Å². The van der Waals surface area contributed by atoms with Crippen LogP contribution in [0.15, 0.2) is 60.9 Å². The second kappa shape index (κ2) is 11.5. The average Bonchev–Trinajstić information content (AvgIpc) is 3.38. The van der Waals surface area contributed by atoms with Crippen LogP contribution in [0.3, 0.4) is 0 Å². The third kappa shape index (κ3) is 6.29. The molecule has 4 rings (SSSR count). The molecule has 186 valence electrons. The van der Waals surface area contributed by atoms with Gasteiger partial charge in [0.05, 0.1) is 0 Å². The molecule has 0 aliphatic rings. The maximum absolute atomic E-state index is 13.0. The van der Waals surface area contributed by atoms with E-state index >= 15 is 0 Å². The molecule has 3 N–H and O–H groups in total. The lowest BCUT2D eigenvalue weighted by Gasteiger charge is -2.25. The van der Waals surface area contributed by atoms with E-state index in [-0.39, 0.29) is 12.0 Å². The minimum Gasteiger partial charge on any atom is -0.307 e. The Hall–Kier alpha value is -4.14. The molecule has 0 unspecified atom stereocenters. The molecule has 2 aromatic carbocycles. The van der Waals surface area contributed by atoms with Crippen molar-refractivity contribution in [2.75, 3.05) is 10.6 Å². The van der Waals surface area contributed by atoms with Crippen LogP contribution in [-0.2, 0) is 0 Å². The third-order valence-electron chi connectivity index (χ3n) is 5.87. The molecule has 0 radical (unpaired) electrons. The molecule has 0 fully saturated rings. The zero-order valence-electron chi connectivity index (χ0n) is 21.1. The molecule has 0 aliphatic carbocycles. The number of carbonyl (C=O) groups excluding carboxylic acids is 1. The Kier molecular flexibility index (Phi) is 7.99. The van der Waals surface area contributed by atoms with Crippen LogP contribution in [0, 0.1) is 11.8 Å². The molecule has 9 heteroatoms. The average molecular weight is 485 g/mol. The van der Waals surface area contributed by atoms with Crippen LogP contribution in [-0.4, -0.2) is 36.6 Å². The minimum atomic E-state index is -0.390. The van der Waals surface area contributed by atoms with Gasteiger partial charge in [-0.3, -0.25) is 5.32 Å². The molecule has 0 bridgehead atoms. The van der Waals surface area contributed by atoms with Crippen molar-refractivity contribution in [2.45, 2.75) is 46.5 Å². The van der Waals surface area contributed by atoms with Crippen molar-refractivity contribution in [1.82, 2.24) is 30.6 Å². The fourth-order valence-corrected chi connectivity index (χ4v) is 4.50. The molecule has 0 saturated heterocycles. The number of tetrazole rings is 1. The first-order valence-electron chi connectivity index (χ1n) is 12.2. The van der Waals surface area contributed by atoms with Crippen molar-refractivity contribution in [3.63, 3.8) is 0 Å². The van der Waals surface area contributed by atoms with Crippen LogP contribution in [0.5, 0.6) is 0 Å². The van der Waals surface area contributed by atoms with Gasteiger partial charge in [0.1, 0.15) is 0 Å². The van der Waals surface area contributed by atoms with E-state index in [1.165, 1.54) is 0 Å². The van der Waals surface area contributed by atoms with Gasteiger partial charge in [0.2, 0.25) is 11.8 Å². The van der Waals surface area contributed by atoms with E-state index in [0.717, 1.165) is 40.8 Å². The normalized spacial score (nSPS) is 11.3. The van der Waals surface area contributed by atoms with Gasteiger partial charge in [-0.25, -0.2) is 14.8 Å². The van der Waals surface area contributed by atoms with Gasteiger partial charge in [-0.1, -0.05) is 64.1 Å². The van der Waals surface area contributed by atoms with Crippen LogP contribution in [0.25, 0.3) is 22.5 Å². The summed E-state index contributed by atoms with van der Waals surface area (Å²) in [5, 5.41) is 20.3. The van der Waals surface area contributed by atoms with Crippen molar-refractivity contribution in [1.29, 1.82) is 0 Å². The highest BCUT2D eigenvalue weighted by molar-refractivity contribution is 6.00. The monoisotopic (exact) mass is 484 g/mol. The van der Waals surface area contributed by atoms with Crippen molar-refractivity contribution < 1.29 is 4.79 Å². The first kappa shape index (κ1) is 25.0. The quantitative estimate of drug-likeness (QED) is 0.262. The Morgan fingerprint density at radius 3 is 2.22 bits per heavy atom. The Morgan fingerprint density at radius 2 is 1.58 bits per heavy atom. The summed E-state index contributed by atoms with van der Waals surface area (Å²) in [5.41, 5.74) is 4.62. The van der Waals surface area contributed by atoms with Crippen molar-refractivity contribution in [3.8, 4) is 22.5 Å². The molecule has 0 atom stereocenters. The highest BCUT2D eigenvalue weighted by atomic mass is 16.2. The first-order valence-corrected chi connectivity index (χ1v) is 12.2. The van der Waals surface area contributed by atoms with Crippen molar-refractivity contribution in [2.24, 2.45) is 11.8 Å². The second-order valence-electron chi connectivity index (χ2n) is 9.69. The summed E-state index contributed by atoms with van der Waals surface area (Å²) in [6, 6.07) is 15.5. The Morgan fingerprint density at radius 1 is 0.889 bits per heavy atom. The van der Waals surface area contributed by atoms with Gasteiger partial charge in [0.25, 0.3) is 0 Å². The molecule has 0 saturated carbocycles. The predicted octanol–water partition coefficient (Wildman–Crippen LogP) is 6.14. The number of aromatic nitrogens is 6. The molecular weight excluding hydrogens is 452 g/mol. The molecule has 2 heterocycles. The molecule has 9 nitrogen and oxygen atoms in total. The Balaban J connectivity index is 1.75. The summed E-state index contributed by atoms with van der Waals surface area (Å²) in [6.45, 7) is 8.93. The summed E-state index contributed by atoms with van der Waals surface area (Å²) in [6.07, 6.45) is 5.22. The summed E-state index contributed by atoms with van der Waals surface area (Å²) in [7, 11) is 0. The lowest BCUT2D eigenvalue weighted by molar-refractivity contribution is 0.262. The van der Waals surface area contributed by atoms with Crippen LogP contribution in [0.1, 0.15) is 52.0 Å². The van der Waals surface area contributed by atoms with E-state index in [9.17, 15) is 4.79 Å². The fraction of sp³-hybridized carbons (Fsp3) is 0.333. The maximum Gasteiger partial charge on any atom is 0.326 e. The number of nitrogens with zero attached hydrogens (tertiary/aromatic N) is 5. The Bertz CT molecular complexity index is 1260. The summed E-state index contributed by atoms with van der Waals surface area (Å²) in [5.74, 6) is 2.10. The highest BCUT2D eigenvalue weighted by Gasteiger charge is 2.21. The number of nitrogens with one attached hydrogen (secondary N) is 3. The number of hydrogen-bond acceptors (Lipinski definition) is 6. The molecule has 2 aromatic heterocycles. The second-order valence-corrected chi connectivity index (χ2v) is 9.69. The lowest BCUT2D eigenvalue weighted by Crippen LogP contribution is -2.22. The lowest BCUT2D eigenvalue weighted by atomic mass is 9.82. The molecule has 4 aromatic rings. The zero-order valence-corrected chi connectivity index (χ0v) is 21.1. The number of hydrogen-bond donors (Lipinski definition) is 3. The molecule has 2 amide bonds. The van der Waals surface area contributed by atoms with E-state index in [2.05, 4.69) is 81.1 Å². The van der Waals surface area contributed by atoms with Crippen molar-refractivity contribution in [3.05, 3.63) is 66.5 Å². The number of urea groups is 1. The van der Waals surface area contributed by atoms with Gasteiger partial charge >= 0.3 is 6.03 Å². The van der Waals surface area contributed by atoms with Gasteiger partial charge in [-0.05, 0) is 64.6 Å². The van der Waals surface area contributed by atoms with Crippen molar-refractivity contribution >= 4 is 17.7 Å². The van der Waals surface area contributed by atoms with Crippen LogP contribution >= 0.6 is 0 Å². The molecule has 0 spiro atoms. The van der Waals surface area contributed by atoms with Gasteiger partial charge in [-0.2, -0.15) is 5.21 Å². The standard InChI is InChI=1S/C27H32N8O/c1-17(2)14-20(15-18(3)4)22-11-10-19(21-8-5-6-9-23(21)25-32-34-35-33-25)16-24(22)30-27(36)31-26-28-12-7-13-29-26/h5-13,16-18,20H,14-15H2,1-4H3,(H,32,33,34,35)(H2,28,29,30,31,36). The number of rotatable bonds is 9. The van der Waals surface area contributed by atoms with E-state index < -0.39 is 0 Å². The maximum atomic E-state index is 13.0. The number of carbonyl (C=O) groups is 1. The number of amides is 2. The van der Waals surface area contributed by atoms with Crippen LogP contribution in [0.4, 0.5) is 16.4 Å². The minimum absolute atomic E-state index is 0.246. The number of anilines is 2. The SMILES string of the molecule is CC(C)CC(CC(C)C)c1ccc(-c2ccccc2-c2nn[nH]n2)cc1NC(=O)Nc1ncccn1. The predicted molar refractivity (Wildman–Crippen MR) is 141 cm³/mol. The Labute approximate surface area is 211 Å². The number of benzene rings is 2. The fourth-order valence-electron chi connectivity index (χ4n) is 4.50.